The van der Waals surface area contributed by atoms with Crippen molar-refractivity contribution in [2.75, 3.05) is 5.32 Å². The molecule has 2 N–H and O–H groups in total. The Morgan fingerprint density at radius 1 is 1.17 bits per heavy atom. The van der Waals surface area contributed by atoms with Crippen LogP contribution in [0.5, 0.6) is 0 Å². The lowest BCUT2D eigenvalue weighted by Gasteiger charge is -2.20. The maximum absolute atomic E-state index is 13.3. The van der Waals surface area contributed by atoms with Crippen molar-refractivity contribution in [2.45, 2.75) is 76.8 Å². The average Bonchev–Trinajstić information content (AvgIpc) is 3.27. The molecule has 0 spiro atoms. The summed E-state index contributed by atoms with van der Waals surface area (Å²) in [6.45, 7) is 8.02. The smallest absolute Gasteiger partial charge is 0.420 e. The summed E-state index contributed by atoms with van der Waals surface area (Å²) in [5.74, 6) is 0.527. The molecule has 2 aliphatic carbocycles. The third-order valence-electron chi connectivity index (χ3n) is 7.57. The number of anilines is 1. The number of nitrogens with zero attached hydrogens (tertiary/aromatic N) is 4. The number of rotatable bonds is 6. The van der Waals surface area contributed by atoms with E-state index in [1.807, 2.05) is 13.0 Å². The van der Waals surface area contributed by atoms with Gasteiger partial charge in [-0.3, -0.25) is 4.68 Å². The number of amides is 2. The van der Waals surface area contributed by atoms with Gasteiger partial charge < -0.3 is 10.1 Å². The lowest BCUT2D eigenvalue weighted by molar-refractivity contribution is 0.0543. The van der Waals surface area contributed by atoms with Crippen molar-refractivity contribution in [3.8, 4) is 11.1 Å². The van der Waals surface area contributed by atoms with Gasteiger partial charge in [-0.25, -0.2) is 32.3 Å². The molecular weight excluding hydrogens is 556 g/mol. The minimum absolute atomic E-state index is 0.0627. The molecule has 0 aliphatic heterocycles. The standard InChI is InChI=1S/C30H34N6O5S/c1-18-14-20-6-5-7-22(20)26(33-28(37)34-42(39,40)21-15-32-35(17-21)16-19-8-9-19)25(18)23-10-12-31-27-24(23)11-13-36(27)29(38)41-30(2,3)4/h10-15,17,19H,5-9,16H2,1-4H3,(H2,33,34,37). The summed E-state index contributed by atoms with van der Waals surface area (Å²) in [6.07, 6.45) is 10.2. The molecule has 2 amide bonds. The molecule has 0 atom stereocenters. The SMILES string of the molecule is Cc1cc2c(c(NC(=O)NS(=O)(=O)c3cnn(CC4CC4)c3)c1-c1ccnc3c1ccn3C(=O)OC(C)(C)C)CCC2. The van der Waals surface area contributed by atoms with Crippen LogP contribution in [0.2, 0.25) is 0 Å². The highest BCUT2D eigenvalue weighted by Gasteiger charge is 2.28. The molecule has 6 rings (SSSR count). The number of aromatic nitrogens is 4. The first-order valence-corrected chi connectivity index (χ1v) is 15.6. The van der Waals surface area contributed by atoms with Crippen LogP contribution in [-0.4, -0.2) is 45.5 Å². The Morgan fingerprint density at radius 3 is 2.69 bits per heavy atom. The van der Waals surface area contributed by atoms with Crippen LogP contribution in [-0.2, 0) is 34.1 Å². The fourth-order valence-electron chi connectivity index (χ4n) is 5.56. The first kappa shape index (κ1) is 28.0. The van der Waals surface area contributed by atoms with Gasteiger partial charge in [0.1, 0.15) is 16.1 Å². The predicted molar refractivity (Wildman–Crippen MR) is 158 cm³/mol. The first-order chi connectivity index (χ1) is 19.9. The van der Waals surface area contributed by atoms with Gasteiger partial charge in [0.05, 0.1) is 11.9 Å². The lowest BCUT2D eigenvalue weighted by Crippen LogP contribution is -2.34. The van der Waals surface area contributed by atoms with Gasteiger partial charge in [-0.2, -0.15) is 5.10 Å². The van der Waals surface area contributed by atoms with Crippen molar-refractivity contribution >= 4 is 38.9 Å². The van der Waals surface area contributed by atoms with Gasteiger partial charge >= 0.3 is 12.1 Å². The minimum Gasteiger partial charge on any atom is -0.443 e. The minimum atomic E-state index is -4.14. The number of sulfonamides is 1. The number of hydrogen-bond acceptors (Lipinski definition) is 7. The third-order valence-corrected chi connectivity index (χ3v) is 8.86. The van der Waals surface area contributed by atoms with Crippen molar-refractivity contribution in [1.82, 2.24) is 24.1 Å². The van der Waals surface area contributed by atoms with E-state index in [-0.39, 0.29) is 4.90 Å². The maximum atomic E-state index is 13.3. The molecule has 2 aliphatic rings. The Bertz CT molecular complexity index is 1830. The Kier molecular flexibility index (Phi) is 6.83. The van der Waals surface area contributed by atoms with E-state index in [4.69, 9.17) is 4.74 Å². The van der Waals surface area contributed by atoms with Crippen LogP contribution in [0.1, 0.15) is 56.7 Å². The summed E-state index contributed by atoms with van der Waals surface area (Å²) in [5, 5.41) is 7.73. The number of ether oxygens (including phenoxy) is 1. The van der Waals surface area contributed by atoms with Crippen LogP contribution < -0.4 is 10.0 Å². The number of urea groups is 1. The summed E-state index contributed by atoms with van der Waals surface area (Å²) in [7, 11) is -4.14. The van der Waals surface area contributed by atoms with E-state index in [0.717, 1.165) is 59.9 Å². The van der Waals surface area contributed by atoms with Gasteiger partial charge in [-0.1, -0.05) is 6.07 Å². The van der Waals surface area contributed by atoms with Crippen molar-refractivity contribution in [2.24, 2.45) is 5.92 Å². The van der Waals surface area contributed by atoms with Gasteiger partial charge in [0.15, 0.2) is 0 Å². The zero-order valence-electron chi connectivity index (χ0n) is 24.1. The summed E-state index contributed by atoms with van der Waals surface area (Å²) >= 11 is 0. The molecule has 1 fully saturated rings. The molecule has 0 radical (unpaired) electrons. The molecule has 3 heterocycles. The second kappa shape index (κ2) is 10.3. The molecule has 220 valence electrons. The number of benzene rings is 1. The lowest BCUT2D eigenvalue weighted by atomic mass is 9.92. The Balaban J connectivity index is 1.35. The molecule has 1 saturated carbocycles. The Labute approximate surface area is 244 Å². The van der Waals surface area contributed by atoms with Crippen LogP contribution in [0.15, 0.2) is 47.9 Å². The zero-order chi connectivity index (χ0) is 29.8. The quantitative estimate of drug-likeness (QED) is 0.307. The molecule has 0 saturated heterocycles. The monoisotopic (exact) mass is 590 g/mol. The molecule has 4 aromatic rings. The van der Waals surface area contributed by atoms with Gasteiger partial charge in [0.2, 0.25) is 0 Å². The Morgan fingerprint density at radius 2 is 1.95 bits per heavy atom. The van der Waals surface area contributed by atoms with E-state index in [1.54, 1.807) is 43.9 Å². The average molecular weight is 591 g/mol. The van der Waals surface area contributed by atoms with E-state index in [9.17, 15) is 18.0 Å². The fourth-order valence-corrected chi connectivity index (χ4v) is 6.42. The van der Waals surface area contributed by atoms with Crippen LogP contribution in [0, 0.1) is 12.8 Å². The summed E-state index contributed by atoms with van der Waals surface area (Å²) in [5.41, 5.74) is 4.79. The number of carbonyl (C=O) groups excluding carboxylic acids is 2. The van der Waals surface area contributed by atoms with E-state index in [2.05, 4.69) is 26.2 Å². The second-order valence-electron chi connectivity index (χ2n) is 12.1. The van der Waals surface area contributed by atoms with Crippen molar-refractivity contribution < 1.29 is 22.7 Å². The topological polar surface area (TPSA) is 137 Å². The highest BCUT2D eigenvalue weighted by Crippen LogP contribution is 2.42. The number of carbonyl (C=O) groups is 2. The number of hydrogen-bond donors (Lipinski definition) is 2. The fraction of sp³-hybridized carbons (Fsp3) is 0.400. The first-order valence-electron chi connectivity index (χ1n) is 14.1. The number of pyridine rings is 1. The van der Waals surface area contributed by atoms with Crippen LogP contribution in [0.4, 0.5) is 15.3 Å². The van der Waals surface area contributed by atoms with Crippen LogP contribution in [0.25, 0.3) is 22.2 Å². The molecule has 1 aromatic carbocycles. The van der Waals surface area contributed by atoms with E-state index >= 15 is 0 Å². The van der Waals surface area contributed by atoms with Crippen LogP contribution in [0.3, 0.4) is 0 Å². The molecule has 3 aromatic heterocycles. The van der Waals surface area contributed by atoms with Crippen molar-refractivity contribution in [3.05, 3.63) is 59.7 Å². The van der Waals surface area contributed by atoms with Gasteiger partial charge in [0.25, 0.3) is 10.0 Å². The van der Waals surface area contributed by atoms with E-state index < -0.39 is 27.7 Å². The maximum Gasteiger partial charge on any atom is 0.420 e. The van der Waals surface area contributed by atoms with Gasteiger partial charge in [-0.05, 0) is 100 Å². The predicted octanol–water partition coefficient (Wildman–Crippen LogP) is 5.40. The summed E-state index contributed by atoms with van der Waals surface area (Å²) in [4.78, 5) is 30.6. The van der Waals surface area contributed by atoms with Gasteiger partial charge in [0, 0.05) is 36.1 Å². The number of aryl methyl sites for hydroxylation is 2. The molecule has 12 heteroatoms. The normalized spacial score (nSPS) is 15.0. The molecule has 11 nitrogen and oxygen atoms in total. The van der Waals surface area contributed by atoms with Gasteiger partial charge in [-0.15, -0.1) is 0 Å². The molecule has 42 heavy (non-hydrogen) atoms. The largest absolute Gasteiger partial charge is 0.443 e. The van der Waals surface area contributed by atoms with E-state index in [0.29, 0.717) is 29.2 Å². The number of nitrogens with one attached hydrogen (secondary N) is 2. The highest BCUT2D eigenvalue weighted by molar-refractivity contribution is 7.90. The molecule has 0 unspecified atom stereocenters. The van der Waals surface area contributed by atoms with Crippen LogP contribution >= 0.6 is 0 Å². The second-order valence-corrected chi connectivity index (χ2v) is 13.8. The Hall–Kier alpha value is -4.19. The molecular formula is C30H34N6O5S. The summed E-state index contributed by atoms with van der Waals surface area (Å²) in [6, 6.07) is 4.88. The van der Waals surface area contributed by atoms with Crippen molar-refractivity contribution in [3.63, 3.8) is 0 Å². The van der Waals surface area contributed by atoms with Crippen molar-refractivity contribution in [1.29, 1.82) is 0 Å². The third kappa shape index (κ3) is 5.50. The zero-order valence-corrected chi connectivity index (χ0v) is 24.9. The number of fused-ring (bicyclic) bond motifs is 2. The van der Waals surface area contributed by atoms with E-state index in [1.165, 1.54) is 17.0 Å². The summed E-state index contributed by atoms with van der Waals surface area (Å²) < 4.78 is 36.8. The highest BCUT2D eigenvalue weighted by atomic mass is 32.2. The molecule has 0 bridgehead atoms.